The van der Waals surface area contributed by atoms with E-state index in [0.717, 1.165) is 16.1 Å². The molecule has 0 aliphatic carbocycles. The lowest BCUT2D eigenvalue weighted by molar-refractivity contribution is -0.168. The second kappa shape index (κ2) is 9.60. The molecule has 3 aromatic rings. The minimum atomic E-state index is -3.94. The van der Waals surface area contributed by atoms with Gasteiger partial charge in [0.15, 0.2) is 0 Å². The quantitative estimate of drug-likeness (QED) is 0.446. The Morgan fingerprint density at radius 1 is 1.19 bits per heavy atom. The van der Waals surface area contributed by atoms with Gasteiger partial charge in [-0.1, -0.05) is 18.2 Å². The number of hydrogen-bond acceptors (Lipinski definition) is 8. The third-order valence-corrected chi connectivity index (χ3v) is 6.68. The van der Waals surface area contributed by atoms with Gasteiger partial charge in [-0.3, -0.25) is 4.79 Å². The molecule has 1 aromatic carbocycles. The van der Waals surface area contributed by atoms with Gasteiger partial charge in [0.2, 0.25) is 5.89 Å². The topological polar surface area (TPSA) is 102 Å². The Kier molecular flexibility index (Phi) is 7.11. The average molecular weight is 466 g/mol. The Morgan fingerprint density at radius 2 is 1.90 bits per heavy atom. The number of benzene rings is 1. The first-order valence-corrected chi connectivity index (χ1v) is 11.5. The van der Waals surface area contributed by atoms with Gasteiger partial charge >= 0.3 is 16.2 Å². The van der Waals surface area contributed by atoms with Gasteiger partial charge in [-0.05, 0) is 40.5 Å². The second-order valence-electron chi connectivity index (χ2n) is 6.77. The molecule has 0 aliphatic rings. The van der Waals surface area contributed by atoms with Crippen LogP contribution in [0.5, 0.6) is 5.75 Å². The van der Waals surface area contributed by atoms with Crippen LogP contribution in [0.1, 0.15) is 23.9 Å². The van der Waals surface area contributed by atoms with E-state index < -0.39 is 16.2 Å². The van der Waals surface area contributed by atoms with Crippen LogP contribution in [0.4, 0.5) is 0 Å². The van der Waals surface area contributed by atoms with Gasteiger partial charge < -0.3 is 14.0 Å². The molecule has 0 saturated carbocycles. The third-order valence-electron chi connectivity index (χ3n) is 4.18. The summed E-state index contributed by atoms with van der Waals surface area (Å²) in [6.45, 7) is 3.08. The van der Waals surface area contributed by atoms with E-state index in [9.17, 15) is 13.2 Å². The van der Waals surface area contributed by atoms with E-state index in [1.165, 1.54) is 14.1 Å². The molecule has 0 aliphatic heterocycles. The summed E-state index contributed by atoms with van der Waals surface area (Å²) < 4.78 is 37.8. The Bertz CT molecular complexity index is 1120. The highest BCUT2D eigenvalue weighted by molar-refractivity contribution is 7.86. The highest BCUT2D eigenvalue weighted by atomic mass is 32.2. The van der Waals surface area contributed by atoms with Crippen LogP contribution in [0.15, 0.2) is 46.2 Å². The predicted molar refractivity (Wildman–Crippen MR) is 115 cm³/mol. The average Bonchev–Trinajstić information content (AvgIpc) is 3.36. The van der Waals surface area contributed by atoms with Crippen molar-refractivity contribution in [1.29, 1.82) is 0 Å². The molecular weight excluding hydrogens is 442 g/mol. The molecule has 3 rings (SSSR count). The van der Waals surface area contributed by atoms with Crippen molar-refractivity contribution >= 4 is 27.5 Å². The number of aromatic nitrogens is 1. The minimum absolute atomic E-state index is 0.132. The van der Waals surface area contributed by atoms with Crippen LogP contribution >= 0.6 is 11.3 Å². The van der Waals surface area contributed by atoms with Crippen LogP contribution in [-0.4, -0.2) is 42.2 Å². The monoisotopic (exact) mass is 465 g/mol. The van der Waals surface area contributed by atoms with Crippen molar-refractivity contribution in [2.45, 2.75) is 27.0 Å². The smallest absolute Gasteiger partial charge is 0.323 e. The summed E-state index contributed by atoms with van der Waals surface area (Å²) in [4.78, 5) is 21.6. The SMILES string of the molecule is CC(=O)ON(Cc1ccc(OCc2nc(-c3cccs3)oc2C)cc1)S(=O)(=O)N(C)C. The Balaban J connectivity index is 1.65. The number of rotatable bonds is 9. The van der Waals surface area contributed by atoms with E-state index in [-0.39, 0.29) is 13.2 Å². The zero-order valence-corrected chi connectivity index (χ0v) is 19.2. The number of aryl methyl sites for hydroxylation is 1. The van der Waals surface area contributed by atoms with Crippen molar-refractivity contribution < 1.29 is 27.2 Å². The first kappa shape index (κ1) is 22.9. The van der Waals surface area contributed by atoms with E-state index >= 15 is 0 Å². The van der Waals surface area contributed by atoms with Gasteiger partial charge in [-0.25, -0.2) is 4.98 Å². The van der Waals surface area contributed by atoms with Gasteiger partial charge in [0.1, 0.15) is 23.8 Å². The van der Waals surface area contributed by atoms with Gasteiger partial charge in [-0.2, -0.15) is 12.7 Å². The molecule has 11 heteroatoms. The van der Waals surface area contributed by atoms with Crippen molar-refractivity contribution in [2.75, 3.05) is 14.1 Å². The molecular formula is C20H23N3O6S2. The number of hydroxylamine groups is 1. The van der Waals surface area contributed by atoms with Crippen LogP contribution in [-0.2, 0) is 33.0 Å². The zero-order chi connectivity index (χ0) is 22.6. The number of ether oxygens (including phenoxy) is 1. The lowest BCUT2D eigenvalue weighted by atomic mass is 10.2. The summed E-state index contributed by atoms with van der Waals surface area (Å²) in [7, 11) is -1.22. The fourth-order valence-electron chi connectivity index (χ4n) is 2.55. The standard InChI is InChI=1S/C20H23N3O6S2/c1-14-18(21-20(28-14)19-6-5-11-30-19)13-27-17-9-7-16(8-10-17)12-23(29-15(2)24)31(25,26)22(3)4/h5-11H,12-13H2,1-4H3. The maximum absolute atomic E-state index is 12.4. The molecule has 0 fully saturated rings. The Morgan fingerprint density at radius 3 is 2.48 bits per heavy atom. The normalized spacial score (nSPS) is 11.8. The first-order chi connectivity index (χ1) is 14.7. The molecule has 0 bridgehead atoms. The number of hydrogen-bond donors (Lipinski definition) is 0. The van der Waals surface area contributed by atoms with Crippen molar-refractivity contribution in [3.63, 3.8) is 0 Å². The summed E-state index contributed by atoms with van der Waals surface area (Å²) in [5.41, 5.74) is 1.32. The van der Waals surface area contributed by atoms with E-state index in [0.29, 0.717) is 33.1 Å². The predicted octanol–water partition coefficient (Wildman–Crippen LogP) is 3.38. The summed E-state index contributed by atoms with van der Waals surface area (Å²) in [6, 6.07) is 10.7. The van der Waals surface area contributed by atoms with Crippen LogP contribution < -0.4 is 4.74 Å². The molecule has 2 aromatic heterocycles. The molecule has 0 unspecified atom stereocenters. The molecule has 0 amide bonds. The van der Waals surface area contributed by atoms with Crippen LogP contribution in [0.25, 0.3) is 10.8 Å². The molecule has 0 radical (unpaired) electrons. The van der Waals surface area contributed by atoms with Crippen molar-refractivity contribution in [1.82, 2.24) is 13.8 Å². The van der Waals surface area contributed by atoms with E-state index in [1.54, 1.807) is 35.6 Å². The second-order valence-corrected chi connectivity index (χ2v) is 9.75. The fourth-order valence-corrected chi connectivity index (χ4v) is 4.07. The number of thiophene rings is 1. The first-order valence-electron chi connectivity index (χ1n) is 9.27. The Labute approximate surface area is 185 Å². The highest BCUT2D eigenvalue weighted by Gasteiger charge is 2.28. The molecule has 0 atom stereocenters. The number of carbonyl (C=O) groups excluding carboxylic acids is 1. The summed E-state index contributed by atoms with van der Waals surface area (Å²) in [6.07, 6.45) is 0. The van der Waals surface area contributed by atoms with Crippen LogP contribution in [0.3, 0.4) is 0 Å². The van der Waals surface area contributed by atoms with Crippen LogP contribution in [0, 0.1) is 6.92 Å². The summed E-state index contributed by atoms with van der Waals surface area (Å²) in [5, 5.41) is 1.96. The third kappa shape index (κ3) is 5.70. The van der Waals surface area contributed by atoms with Crippen LogP contribution in [0.2, 0.25) is 0 Å². The molecule has 0 spiro atoms. The van der Waals surface area contributed by atoms with Gasteiger partial charge in [-0.15, -0.1) is 11.3 Å². The van der Waals surface area contributed by atoms with Gasteiger partial charge in [0.25, 0.3) is 0 Å². The lowest BCUT2D eigenvalue weighted by Crippen LogP contribution is -2.40. The lowest BCUT2D eigenvalue weighted by Gasteiger charge is -2.23. The summed E-state index contributed by atoms with van der Waals surface area (Å²) in [5.74, 6) is 1.11. The fraction of sp³-hybridized carbons (Fsp3) is 0.300. The molecule has 9 nitrogen and oxygen atoms in total. The van der Waals surface area contributed by atoms with Crippen molar-refractivity contribution in [3.8, 4) is 16.5 Å². The zero-order valence-electron chi connectivity index (χ0n) is 17.6. The van der Waals surface area contributed by atoms with E-state index in [4.69, 9.17) is 14.0 Å². The number of nitrogens with zero attached hydrogens (tertiary/aromatic N) is 3. The van der Waals surface area contributed by atoms with E-state index in [2.05, 4.69) is 4.98 Å². The minimum Gasteiger partial charge on any atom is -0.487 e. The maximum atomic E-state index is 12.4. The van der Waals surface area contributed by atoms with Gasteiger partial charge in [0.05, 0.1) is 11.4 Å². The summed E-state index contributed by atoms with van der Waals surface area (Å²) >= 11 is 1.55. The van der Waals surface area contributed by atoms with E-state index in [1.807, 2.05) is 24.4 Å². The number of carbonyl (C=O) groups is 1. The van der Waals surface area contributed by atoms with Gasteiger partial charge in [0, 0.05) is 21.0 Å². The molecule has 166 valence electrons. The molecule has 31 heavy (non-hydrogen) atoms. The number of oxazole rings is 1. The Hall–Kier alpha value is -2.73. The molecule has 0 saturated heterocycles. The van der Waals surface area contributed by atoms with Crippen molar-refractivity contribution in [3.05, 3.63) is 58.8 Å². The van der Waals surface area contributed by atoms with Crippen molar-refractivity contribution in [2.24, 2.45) is 0 Å². The molecule has 2 heterocycles. The largest absolute Gasteiger partial charge is 0.487 e. The maximum Gasteiger partial charge on any atom is 0.323 e. The molecule has 0 N–H and O–H groups in total. The highest BCUT2D eigenvalue weighted by Crippen LogP contribution is 2.26.